The maximum Gasteiger partial charge on any atom is 0.290 e. The van der Waals surface area contributed by atoms with Crippen LogP contribution in [0.15, 0.2) is 59.0 Å². The molecule has 0 saturated carbocycles. The minimum atomic E-state index is -0.438. The minimum absolute atomic E-state index is 0.109. The molecule has 2 N–H and O–H groups in total. The van der Waals surface area contributed by atoms with E-state index in [9.17, 15) is 9.59 Å². The normalized spacial score (nSPS) is 10.8. The predicted molar refractivity (Wildman–Crippen MR) is 95.9 cm³/mol. The first-order valence-electron chi connectivity index (χ1n) is 8.16. The fraction of sp³-hybridized carbons (Fsp3) is 0.200. The zero-order valence-corrected chi connectivity index (χ0v) is 14.1. The van der Waals surface area contributed by atoms with E-state index in [4.69, 9.17) is 10.2 Å². The van der Waals surface area contributed by atoms with Gasteiger partial charge < -0.3 is 15.1 Å². The monoisotopic (exact) mass is 336 g/mol. The molecular formula is C20H20N2O3. The molecule has 0 radical (unpaired) electrons. The molecule has 0 saturated heterocycles. The van der Waals surface area contributed by atoms with Gasteiger partial charge in [0.05, 0.1) is 0 Å². The van der Waals surface area contributed by atoms with Crippen LogP contribution in [0.4, 0.5) is 0 Å². The molecule has 0 aliphatic heterocycles. The third-order valence-electron chi connectivity index (χ3n) is 4.17. The van der Waals surface area contributed by atoms with Crippen molar-refractivity contribution in [2.75, 3.05) is 6.54 Å². The highest BCUT2D eigenvalue weighted by Gasteiger charge is 2.23. The molecular weight excluding hydrogens is 316 g/mol. The molecule has 0 aliphatic rings. The molecule has 5 heteroatoms. The zero-order chi connectivity index (χ0) is 17.8. The number of benzene rings is 2. The van der Waals surface area contributed by atoms with Gasteiger partial charge in [0.15, 0.2) is 5.76 Å². The largest absolute Gasteiger partial charge is 0.451 e. The van der Waals surface area contributed by atoms with Gasteiger partial charge in [-0.05, 0) is 18.6 Å². The van der Waals surface area contributed by atoms with Crippen LogP contribution in [0.2, 0.25) is 0 Å². The topological polar surface area (TPSA) is 76.5 Å². The second-order valence-electron chi connectivity index (χ2n) is 5.98. The average molecular weight is 336 g/mol. The lowest BCUT2D eigenvalue weighted by atomic mass is 10.1. The van der Waals surface area contributed by atoms with Crippen molar-refractivity contribution in [3.63, 3.8) is 0 Å². The van der Waals surface area contributed by atoms with E-state index in [1.54, 1.807) is 4.90 Å². The van der Waals surface area contributed by atoms with Crippen LogP contribution in [0.3, 0.4) is 0 Å². The van der Waals surface area contributed by atoms with Gasteiger partial charge in [0.2, 0.25) is 5.91 Å². The predicted octanol–water partition coefficient (Wildman–Crippen LogP) is 3.26. The van der Waals surface area contributed by atoms with Gasteiger partial charge in [0, 0.05) is 30.5 Å². The molecule has 2 amide bonds. The Morgan fingerprint density at radius 2 is 1.72 bits per heavy atom. The summed E-state index contributed by atoms with van der Waals surface area (Å²) in [6.07, 6.45) is 0.109. The molecule has 1 aromatic heterocycles. The van der Waals surface area contributed by atoms with Gasteiger partial charge in [-0.1, -0.05) is 48.5 Å². The Labute approximate surface area is 146 Å². The van der Waals surface area contributed by atoms with E-state index in [2.05, 4.69) is 0 Å². The second-order valence-corrected chi connectivity index (χ2v) is 5.98. The van der Waals surface area contributed by atoms with E-state index >= 15 is 0 Å². The number of hydrogen-bond donors (Lipinski definition) is 1. The van der Waals surface area contributed by atoms with Crippen molar-refractivity contribution in [2.45, 2.75) is 19.9 Å². The standard InChI is InChI=1S/C20H20N2O3/c1-14-16-9-5-6-10-17(16)25-19(14)20(24)22(12-11-18(21)23)13-15-7-3-2-4-8-15/h2-10H,11-13H2,1H3,(H2,21,23). The molecule has 128 valence electrons. The van der Waals surface area contributed by atoms with Crippen molar-refractivity contribution in [2.24, 2.45) is 5.73 Å². The van der Waals surface area contributed by atoms with Gasteiger partial charge >= 0.3 is 0 Å². The van der Waals surface area contributed by atoms with Crippen LogP contribution in [0, 0.1) is 6.92 Å². The number of nitrogens with two attached hydrogens (primary N) is 1. The number of aryl methyl sites for hydroxylation is 1. The van der Waals surface area contributed by atoms with Gasteiger partial charge in [-0.2, -0.15) is 0 Å². The molecule has 0 bridgehead atoms. The third-order valence-corrected chi connectivity index (χ3v) is 4.17. The Hall–Kier alpha value is -3.08. The fourth-order valence-electron chi connectivity index (χ4n) is 2.82. The maximum absolute atomic E-state index is 13.0. The van der Waals surface area contributed by atoms with Crippen LogP contribution >= 0.6 is 0 Å². The minimum Gasteiger partial charge on any atom is -0.451 e. The fourth-order valence-corrected chi connectivity index (χ4v) is 2.82. The summed E-state index contributed by atoms with van der Waals surface area (Å²) in [4.78, 5) is 25.8. The van der Waals surface area contributed by atoms with Gasteiger partial charge in [-0.15, -0.1) is 0 Å². The second kappa shape index (κ2) is 7.21. The molecule has 2 aromatic carbocycles. The molecule has 0 unspecified atom stereocenters. The quantitative estimate of drug-likeness (QED) is 0.750. The summed E-state index contributed by atoms with van der Waals surface area (Å²) in [5.74, 6) is -0.368. The Bertz CT molecular complexity index is 900. The summed E-state index contributed by atoms with van der Waals surface area (Å²) in [5.41, 5.74) is 7.73. The summed E-state index contributed by atoms with van der Waals surface area (Å²) >= 11 is 0. The van der Waals surface area contributed by atoms with Gasteiger partial charge in [0.1, 0.15) is 5.58 Å². The van der Waals surface area contributed by atoms with Crippen LogP contribution in [0.1, 0.15) is 28.1 Å². The SMILES string of the molecule is Cc1c(C(=O)N(CCC(N)=O)Cc2ccccc2)oc2ccccc12. The Morgan fingerprint density at radius 1 is 1.04 bits per heavy atom. The number of amides is 2. The lowest BCUT2D eigenvalue weighted by Gasteiger charge is -2.21. The summed E-state index contributed by atoms with van der Waals surface area (Å²) < 4.78 is 5.78. The molecule has 0 fully saturated rings. The summed E-state index contributed by atoms with van der Waals surface area (Å²) in [6.45, 7) is 2.51. The van der Waals surface area contributed by atoms with Crippen LogP contribution in [-0.2, 0) is 11.3 Å². The van der Waals surface area contributed by atoms with Gasteiger partial charge in [0.25, 0.3) is 5.91 Å². The lowest BCUT2D eigenvalue weighted by Crippen LogP contribution is -2.33. The van der Waals surface area contributed by atoms with Gasteiger partial charge in [-0.25, -0.2) is 0 Å². The Morgan fingerprint density at radius 3 is 2.40 bits per heavy atom. The molecule has 0 atom stereocenters. The van der Waals surface area contributed by atoms with Crippen LogP contribution in [0.25, 0.3) is 11.0 Å². The molecule has 0 aliphatic carbocycles. The number of para-hydroxylation sites is 1. The lowest BCUT2D eigenvalue weighted by molar-refractivity contribution is -0.118. The first-order valence-corrected chi connectivity index (χ1v) is 8.16. The number of rotatable bonds is 6. The van der Waals surface area contributed by atoms with Crippen molar-refractivity contribution in [1.82, 2.24) is 4.90 Å². The maximum atomic E-state index is 13.0. The number of nitrogens with zero attached hydrogens (tertiary/aromatic N) is 1. The Kier molecular flexibility index (Phi) is 4.84. The van der Waals surface area contributed by atoms with E-state index in [1.165, 1.54) is 0 Å². The highest BCUT2D eigenvalue weighted by molar-refractivity contribution is 5.99. The van der Waals surface area contributed by atoms with Crippen molar-refractivity contribution in [3.05, 3.63) is 71.5 Å². The van der Waals surface area contributed by atoms with E-state index in [0.29, 0.717) is 17.9 Å². The molecule has 5 nitrogen and oxygen atoms in total. The number of carbonyl (C=O) groups excluding carboxylic acids is 2. The van der Waals surface area contributed by atoms with Crippen LogP contribution < -0.4 is 5.73 Å². The number of hydrogen-bond acceptors (Lipinski definition) is 3. The van der Waals surface area contributed by atoms with Gasteiger partial charge in [-0.3, -0.25) is 9.59 Å². The van der Waals surface area contributed by atoms with E-state index in [1.807, 2.05) is 61.5 Å². The van der Waals surface area contributed by atoms with E-state index < -0.39 is 5.91 Å². The van der Waals surface area contributed by atoms with Crippen molar-refractivity contribution in [3.8, 4) is 0 Å². The van der Waals surface area contributed by atoms with E-state index in [0.717, 1.165) is 16.5 Å². The number of primary amides is 1. The third kappa shape index (κ3) is 3.71. The molecule has 0 spiro atoms. The summed E-state index contributed by atoms with van der Waals surface area (Å²) in [7, 11) is 0. The zero-order valence-electron chi connectivity index (χ0n) is 14.1. The molecule has 3 rings (SSSR count). The highest BCUT2D eigenvalue weighted by Crippen LogP contribution is 2.26. The smallest absolute Gasteiger partial charge is 0.290 e. The summed E-state index contributed by atoms with van der Waals surface area (Å²) in [5, 5.41) is 0.917. The number of carbonyl (C=O) groups is 2. The molecule has 25 heavy (non-hydrogen) atoms. The van der Waals surface area contributed by atoms with Crippen LogP contribution in [0.5, 0.6) is 0 Å². The Balaban J connectivity index is 1.91. The molecule has 1 heterocycles. The van der Waals surface area contributed by atoms with Crippen LogP contribution in [-0.4, -0.2) is 23.3 Å². The first kappa shape index (κ1) is 16.8. The highest BCUT2D eigenvalue weighted by atomic mass is 16.3. The average Bonchev–Trinajstić information content (AvgIpc) is 2.96. The van der Waals surface area contributed by atoms with Crippen molar-refractivity contribution >= 4 is 22.8 Å². The number of furan rings is 1. The number of fused-ring (bicyclic) bond motifs is 1. The van der Waals surface area contributed by atoms with Crippen molar-refractivity contribution in [1.29, 1.82) is 0 Å². The van der Waals surface area contributed by atoms with E-state index in [-0.39, 0.29) is 18.9 Å². The first-order chi connectivity index (χ1) is 12.1. The summed E-state index contributed by atoms with van der Waals surface area (Å²) in [6, 6.07) is 17.2. The molecule has 3 aromatic rings. The van der Waals surface area contributed by atoms with Crippen molar-refractivity contribution < 1.29 is 14.0 Å².